The second kappa shape index (κ2) is 8.84. The van der Waals surface area contributed by atoms with Gasteiger partial charge in [-0.2, -0.15) is 17.5 Å². The molecule has 28 heavy (non-hydrogen) atoms. The number of ether oxygens (including phenoxy) is 2. The topological polar surface area (TPSA) is 102 Å². The molecule has 0 spiro atoms. The van der Waals surface area contributed by atoms with E-state index in [0.29, 0.717) is 0 Å². The Balaban J connectivity index is 2.08. The third-order valence-corrected chi connectivity index (χ3v) is 5.48. The predicted octanol–water partition coefficient (Wildman–Crippen LogP) is 0.682. The zero-order valence-electron chi connectivity index (χ0n) is 14.3. The van der Waals surface area contributed by atoms with Gasteiger partial charge in [0.1, 0.15) is 12.4 Å². The molecule has 1 aliphatic rings. The monoisotopic (exact) mass is 428 g/mol. The molecule has 1 heterocycles. The average Bonchev–Trinajstić information content (AvgIpc) is 2.64. The highest BCUT2D eigenvalue weighted by molar-refractivity contribution is 7.89. The maximum absolute atomic E-state index is 13.9. The molecule has 1 saturated heterocycles. The highest BCUT2D eigenvalue weighted by Crippen LogP contribution is 2.21. The van der Waals surface area contributed by atoms with Crippen molar-refractivity contribution in [2.24, 2.45) is 0 Å². The van der Waals surface area contributed by atoms with Crippen molar-refractivity contribution in [2.75, 3.05) is 39.5 Å². The Labute approximate surface area is 157 Å². The van der Waals surface area contributed by atoms with Crippen molar-refractivity contribution in [3.05, 3.63) is 29.6 Å². The lowest BCUT2D eigenvalue weighted by Gasteiger charge is -2.26. The van der Waals surface area contributed by atoms with Crippen LogP contribution in [0.25, 0.3) is 0 Å². The van der Waals surface area contributed by atoms with E-state index in [1.165, 1.54) is 5.32 Å². The van der Waals surface area contributed by atoms with Gasteiger partial charge in [-0.1, -0.05) is 0 Å². The molecule has 2 rings (SSSR count). The lowest BCUT2D eigenvalue weighted by atomic mass is 10.2. The molecule has 0 aromatic heterocycles. The number of carbonyl (C=O) groups excluding carboxylic acids is 2. The van der Waals surface area contributed by atoms with Crippen LogP contribution in [0, 0.1) is 5.82 Å². The van der Waals surface area contributed by atoms with Crippen LogP contribution < -0.4 is 5.32 Å². The summed E-state index contributed by atoms with van der Waals surface area (Å²) in [6, 6.07) is 2.46. The first-order chi connectivity index (χ1) is 13.0. The summed E-state index contributed by atoms with van der Waals surface area (Å²) >= 11 is 0. The molecule has 0 unspecified atom stereocenters. The van der Waals surface area contributed by atoms with E-state index in [0.717, 1.165) is 22.5 Å². The van der Waals surface area contributed by atoms with Gasteiger partial charge in [0.25, 0.3) is 5.91 Å². The molecule has 1 amide bonds. The number of sulfonamides is 1. The summed E-state index contributed by atoms with van der Waals surface area (Å²) in [4.78, 5) is 22.8. The standard InChI is InChI=1S/C15H16F4N2O6S/c16-12-2-1-10(28(24,25)21-3-5-26-6-4-21)7-11(12)14(23)27-8-13(22)20-9-15(17,18)19/h1-2,7H,3-6,8-9H2,(H,20,22). The van der Waals surface area contributed by atoms with E-state index in [4.69, 9.17) is 4.74 Å². The summed E-state index contributed by atoms with van der Waals surface area (Å²) in [5, 5.41) is 1.47. The largest absolute Gasteiger partial charge is 0.452 e. The van der Waals surface area contributed by atoms with Gasteiger partial charge in [0.15, 0.2) is 6.61 Å². The van der Waals surface area contributed by atoms with Crippen molar-refractivity contribution in [3.8, 4) is 0 Å². The smallest absolute Gasteiger partial charge is 0.405 e. The number of hydrogen-bond donors (Lipinski definition) is 1. The van der Waals surface area contributed by atoms with E-state index in [1.54, 1.807) is 0 Å². The number of halogens is 4. The van der Waals surface area contributed by atoms with Crippen LogP contribution in [-0.2, 0) is 24.3 Å². The van der Waals surface area contributed by atoms with Gasteiger partial charge in [0, 0.05) is 13.1 Å². The fraction of sp³-hybridized carbons (Fsp3) is 0.467. The van der Waals surface area contributed by atoms with Gasteiger partial charge in [0.2, 0.25) is 10.0 Å². The Bertz CT molecular complexity index is 837. The van der Waals surface area contributed by atoms with E-state index in [1.807, 2.05) is 0 Å². The van der Waals surface area contributed by atoms with Crippen molar-refractivity contribution in [2.45, 2.75) is 11.1 Å². The van der Waals surface area contributed by atoms with Crippen molar-refractivity contribution in [1.29, 1.82) is 0 Å². The van der Waals surface area contributed by atoms with Crippen LogP contribution in [-0.4, -0.2) is 70.2 Å². The number of morpholine rings is 1. The Kier molecular flexibility index (Phi) is 6.96. The summed E-state index contributed by atoms with van der Waals surface area (Å²) in [7, 11) is -4.02. The quantitative estimate of drug-likeness (QED) is 0.528. The number of alkyl halides is 3. The molecule has 1 aliphatic heterocycles. The fourth-order valence-electron chi connectivity index (χ4n) is 2.22. The Morgan fingerprint density at radius 3 is 2.46 bits per heavy atom. The molecule has 156 valence electrons. The molecular weight excluding hydrogens is 412 g/mol. The summed E-state index contributed by atoms with van der Waals surface area (Å²) in [6.45, 7) is -2.18. The molecule has 8 nitrogen and oxygen atoms in total. The first-order valence-electron chi connectivity index (χ1n) is 7.89. The summed E-state index contributed by atoms with van der Waals surface area (Å²) in [5.41, 5.74) is -0.766. The number of nitrogens with one attached hydrogen (secondary N) is 1. The van der Waals surface area contributed by atoms with Crippen molar-refractivity contribution in [3.63, 3.8) is 0 Å². The van der Waals surface area contributed by atoms with E-state index < -0.39 is 52.6 Å². The Hall–Kier alpha value is -2.25. The molecule has 1 fully saturated rings. The van der Waals surface area contributed by atoms with Crippen LogP contribution in [0.1, 0.15) is 10.4 Å². The summed E-state index contributed by atoms with van der Waals surface area (Å²) in [5.74, 6) is -3.75. The van der Waals surface area contributed by atoms with Gasteiger partial charge in [0.05, 0.1) is 23.7 Å². The average molecular weight is 428 g/mol. The number of esters is 1. The van der Waals surface area contributed by atoms with Gasteiger partial charge in [-0.25, -0.2) is 17.6 Å². The zero-order chi connectivity index (χ0) is 20.9. The summed E-state index contributed by atoms with van der Waals surface area (Å²) in [6.07, 6.45) is -4.64. The normalized spacial score (nSPS) is 15.9. The molecule has 0 saturated carbocycles. The SMILES string of the molecule is O=C(COC(=O)c1cc(S(=O)(=O)N2CCOCC2)ccc1F)NCC(F)(F)F. The number of nitrogens with zero attached hydrogens (tertiary/aromatic N) is 1. The maximum Gasteiger partial charge on any atom is 0.405 e. The molecule has 0 aliphatic carbocycles. The van der Waals surface area contributed by atoms with Crippen LogP contribution in [0.5, 0.6) is 0 Å². The third kappa shape index (κ3) is 5.87. The Morgan fingerprint density at radius 2 is 1.86 bits per heavy atom. The maximum atomic E-state index is 13.9. The number of rotatable bonds is 6. The van der Waals surface area contributed by atoms with Gasteiger partial charge < -0.3 is 14.8 Å². The summed E-state index contributed by atoms with van der Waals surface area (Å²) < 4.78 is 85.6. The molecule has 13 heteroatoms. The van der Waals surface area contributed by atoms with E-state index >= 15 is 0 Å². The molecule has 1 N–H and O–H groups in total. The van der Waals surface area contributed by atoms with Crippen molar-refractivity contribution >= 4 is 21.9 Å². The van der Waals surface area contributed by atoms with Crippen molar-refractivity contribution in [1.82, 2.24) is 9.62 Å². The van der Waals surface area contributed by atoms with E-state index in [9.17, 15) is 35.6 Å². The van der Waals surface area contributed by atoms with Crippen LogP contribution in [0.3, 0.4) is 0 Å². The molecule has 1 aromatic rings. The van der Waals surface area contributed by atoms with Crippen LogP contribution in [0.4, 0.5) is 17.6 Å². The second-order valence-electron chi connectivity index (χ2n) is 5.63. The first kappa shape index (κ1) is 22.0. The molecule has 0 bridgehead atoms. The molecule has 0 atom stereocenters. The van der Waals surface area contributed by atoms with Gasteiger partial charge in [-0.3, -0.25) is 4.79 Å². The number of benzene rings is 1. The van der Waals surface area contributed by atoms with Gasteiger partial charge in [-0.05, 0) is 18.2 Å². The van der Waals surface area contributed by atoms with Gasteiger partial charge in [-0.15, -0.1) is 0 Å². The number of amides is 1. The first-order valence-corrected chi connectivity index (χ1v) is 9.33. The zero-order valence-corrected chi connectivity index (χ0v) is 15.1. The predicted molar refractivity (Wildman–Crippen MR) is 85.3 cm³/mol. The second-order valence-corrected chi connectivity index (χ2v) is 7.56. The highest BCUT2D eigenvalue weighted by Gasteiger charge is 2.29. The third-order valence-electron chi connectivity index (χ3n) is 3.59. The van der Waals surface area contributed by atoms with Crippen molar-refractivity contribution < 1.29 is 45.0 Å². The highest BCUT2D eigenvalue weighted by atomic mass is 32.2. The molecule has 0 radical (unpaired) electrons. The van der Waals surface area contributed by atoms with Crippen LogP contribution in [0.15, 0.2) is 23.1 Å². The van der Waals surface area contributed by atoms with Crippen LogP contribution in [0.2, 0.25) is 0 Å². The van der Waals surface area contributed by atoms with E-state index in [2.05, 4.69) is 4.74 Å². The minimum Gasteiger partial charge on any atom is -0.452 e. The minimum atomic E-state index is -4.64. The minimum absolute atomic E-state index is 0.0822. The Morgan fingerprint density at radius 1 is 1.21 bits per heavy atom. The lowest BCUT2D eigenvalue weighted by Crippen LogP contribution is -2.40. The van der Waals surface area contributed by atoms with Crippen LogP contribution >= 0.6 is 0 Å². The lowest BCUT2D eigenvalue weighted by molar-refractivity contribution is -0.140. The molecular formula is C15H16F4N2O6S. The molecule has 1 aromatic carbocycles. The number of hydrogen-bond acceptors (Lipinski definition) is 6. The number of carbonyl (C=O) groups is 2. The fourth-order valence-corrected chi connectivity index (χ4v) is 3.65. The van der Waals surface area contributed by atoms with E-state index in [-0.39, 0.29) is 31.2 Å². The van der Waals surface area contributed by atoms with Gasteiger partial charge >= 0.3 is 12.1 Å².